The molecule has 1 saturated heterocycles. The third kappa shape index (κ3) is 4.43. The zero-order valence-corrected chi connectivity index (χ0v) is 16.0. The van der Waals surface area contributed by atoms with Gasteiger partial charge in [-0.3, -0.25) is 9.69 Å². The molecule has 1 aliphatic heterocycles. The lowest BCUT2D eigenvalue weighted by Crippen LogP contribution is -2.47. The monoisotopic (exact) mass is 354 g/mol. The zero-order valence-electron chi connectivity index (χ0n) is 16.0. The van der Waals surface area contributed by atoms with Gasteiger partial charge in [0.15, 0.2) is 0 Å². The normalized spacial score (nSPS) is 18.6. The van der Waals surface area contributed by atoms with Gasteiger partial charge in [0.2, 0.25) is 5.91 Å². The molecule has 4 heteroatoms. The first kappa shape index (κ1) is 18.9. The first-order valence-corrected chi connectivity index (χ1v) is 9.65. The van der Waals surface area contributed by atoms with Crippen LogP contribution in [0.15, 0.2) is 42.5 Å². The average molecular weight is 354 g/mol. The summed E-state index contributed by atoms with van der Waals surface area (Å²) in [5, 5.41) is 2.44. The lowest BCUT2D eigenvalue weighted by Gasteiger charge is -2.31. The molecule has 0 N–H and O–H groups in total. The molecule has 0 radical (unpaired) electrons. The quantitative estimate of drug-likeness (QED) is 0.793. The Morgan fingerprint density at radius 2 is 1.96 bits per heavy atom. The lowest BCUT2D eigenvalue weighted by atomic mass is 10.0. The number of hydrogen-bond donors (Lipinski definition) is 0. The Kier molecular flexibility index (Phi) is 6.64. The van der Waals surface area contributed by atoms with Crippen molar-refractivity contribution >= 4 is 16.7 Å². The van der Waals surface area contributed by atoms with Gasteiger partial charge in [-0.05, 0) is 42.8 Å². The molecule has 2 aromatic carbocycles. The van der Waals surface area contributed by atoms with E-state index in [1.54, 1.807) is 7.11 Å². The molecule has 0 aliphatic carbocycles. The largest absolute Gasteiger partial charge is 0.383 e. The molecule has 4 nitrogen and oxygen atoms in total. The van der Waals surface area contributed by atoms with Crippen molar-refractivity contribution in [3.63, 3.8) is 0 Å². The van der Waals surface area contributed by atoms with Crippen LogP contribution in [-0.2, 0) is 16.1 Å². The van der Waals surface area contributed by atoms with Crippen molar-refractivity contribution in [2.75, 3.05) is 33.9 Å². The highest BCUT2D eigenvalue weighted by Crippen LogP contribution is 2.22. The van der Waals surface area contributed by atoms with Crippen LogP contribution in [-0.4, -0.2) is 55.6 Å². The highest BCUT2D eigenvalue weighted by molar-refractivity contribution is 5.87. The second-order valence-electron chi connectivity index (χ2n) is 7.24. The van der Waals surface area contributed by atoms with Gasteiger partial charge < -0.3 is 9.64 Å². The predicted octanol–water partition coefficient (Wildman–Crippen LogP) is 3.69. The maximum absolute atomic E-state index is 13.3. The van der Waals surface area contributed by atoms with Crippen LogP contribution in [0.1, 0.15) is 31.2 Å². The molecule has 0 bridgehead atoms. The van der Waals surface area contributed by atoms with Crippen molar-refractivity contribution in [3.05, 3.63) is 48.0 Å². The van der Waals surface area contributed by atoms with Crippen LogP contribution in [0, 0.1) is 0 Å². The number of likely N-dealkylation sites (N-methyl/N-ethyl adjacent to an activating group) is 1. The van der Waals surface area contributed by atoms with Gasteiger partial charge in [-0.15, -0.1) is 0 Å². The number of nitrogens with zero attached hydrogens (tertiary/aromatic N) is 2. The van der Waals surface area contributed by atoms with E-state index < -0.39 is 0 Å². The number of methoxy groups -OCH3 is 1. The smallest absolute Gasteiger partial charge is 0.240 e. The first-order valence-electron chi connectivity index (χ1n) is 9.65. The van der Waals surface area contributed by atoms with Crippen LogP contribution < -0.4 is 0 Å². The molecule has 140 valence electrons. The van der Waals surface area contributed by atoms with Gasteiger partial charge in [0, 0.05) is 20.2 Å². The Morgan fingerprint density at radius 3 is 2.81 bits per heavy atom. The van der Waals surface area contributed by atoms with E-state index in [0.717, 1.165) is 19.4 Å². The van der Waals surface area contributed by atoms with Crippen LogP contribution in [0.25, 0.3) is 10.8 Å². The fraction of sp³-hybridized carbons (Fsp3) is 0.500. The maximum atomic E-state index is 13.3. The fourth-order valence-corrected chi connectivity index (χ4v) is 3.88. The number of fused-ring (bicyclic) bond motifs is 1. The zero-order chi connectivity index (χ0) is 18.4. The Labute approximate surface area is 156 Å². The molecule has 0 aromatic heterocycles. The second kappa shape index (κ2) is 9.15. The molecule has 2 aromatic rings. The first-order chi connectivity index (χ1) is 12.7. The molecule has 1 atom stereocenters. The van der Waals surface area contributed by atoms with Gasteiger partial charge in [-0.2, -0.15) is 0 Å². The van der Waals surface area contributed by atoms with Gasteiger partial charge in [0.1, 0.15) is 0 Å². The Morgan fingerprint density at radius 1 is 1.15 bits per heavy atom. The Hall–Kier alpha value is -1.91. The molecule has 3 rings (SSSR count). The third-order valence-corrected chi connectivity index (χ3v) is 5.42. The van der Waals surface area contributed by atoms with Crippen molar-refractivity contribution in [3.8, 4) is 0 Å². The number of hydrogen-bond acceptors (Lipinski definition) is 3. The third-order valence-electron chi connectivity index (χ3n) is 5.42. The van der Waals surface area contributed by atoms with Crippen LogP contribution in [0.5, 0.6) is 0 Å². The van der Waals surface area contributed by atoms with E-state index >= 15 is 0 Å². The highest BCUT2D eigenvalue weighted by atomic mass is 16.5. The van der Waals surface area contributed by atoms with Crippen LogP contribution in [0.4, 0.5) is 0 Å². The van der Waals surface area contributed by atoms with E-state index in [9.17, 15) is 4.79 Å². The summed E-state index contributed by atoms with van der Waals surface area (Å²) in [4.78, 5) is 17.6. The molecular formula is C22H30N2O2. The van der Waals surface area contributed by atoms with Crippen molar-refractivity contribution in [2.45, 2.75) is 38.3 Å². The molecule has 0 spiro atoms. The highest BCUT2D eigenvalue weighted by Gasteiger charge is 2.29. The number of carbonyl (C=O) groups is 1. The van der Waals surface area contributed by atoms with Gasteiger partial charge >= 0.3 is 0 Å². The summed E-state index contributed by atoms with van der Waals surface area (Å²) < 4.78 is 5.28. The van der Waals surface area contributed by atoms with Crippen LogP contribution in [0.3, 0.4) is 0 Å². The number of carbonyl (C=O) groups excluding carboxylic acids is 1. The van der Waals surface area contributed by atoms with Gasteiger partial charge in [-0.1, -0.05) is 55.3 Å². The summed E-state index contributed by atoms with van der Waals surface area (Å²) in [6, 6.07) is 14.7. The van der Waals surface area contributed by atoms with Gasteiger partial charge in [0.05, 0.1) is 12.6 Å². The Bertz CT molecular complexity index is 726. The van der Waals surface area contributed by atoms with E-state index in [0.29, 0.717) is 19.7 Å². The molecule has 26 heavy (non-hydrogen) atoms. The number of benzene rings is 2. The lowest BCUT2D eigenvalue weighted by molar-refractivity contribution is -0.138. The van der Waals surface area contributed by atoms with Crippen molar-refractivity contribution in [1.29, 1.82) is 0 Å². The SMILES string of the molecule is COCCN(Cc1cccc2ccccc12)C(=O)[C@H]1CCCCCN1C. The summed E-state index contributed by atoms with van der Waals surface area (Å²) in [6.07, 6.45) is 4.48. The topological polar surface area (TPSA) is 32.8 Å². The molecule has 1 heterocycles. The second-order valence-corrected chi connectivity index (χ2v) is 7.24. The summed E-state index contributed by atoms with van der Waals surface area (Å²) in [5.41, 5.74) is 1.20. The standard InChI is InChI=1S/C22H30N2O2/c1-23-14-7-3-4-13-21(23)22(25)24(15-16-26-2)17-19-11-8-10-18-9-5-6-12-20(18)19/h5-6,8-12,21H,3-4,7,13-17H2,1-2H3/t21-/m1/s1. The van der Waals surface area contributed by atoms with E-state index in [1.807, 2.05) is 4.90 Å². The van der Waals surface area contributed by atoms with Crippen LogP contribution >= 0.6 is 0 Å². The molecule has 1 amide bonds. The summed E-state index contributed by atoms with van der Waals surface area (Å²) in [7, 11) is 3.78. The molecule has 1 aliphatic rings. The number of amides is 1. The number of likely N-dealkylation sites (tertiary alicyclic amines) is 1. The number of ether oxygens (including phenoxy) is 1. The summed E-state index contributed by atoms with van der Waals surface area (Å²) in [5.74, 6) is 0.236. The van der Waals surface area contributed by atoms with Crippen molar-refractivity contribution in [2.24, 2.45) is 0 Å². The van der Waals surface area contributed by atoms with Gasteiger partial charge in [-0.25, -0.2) is 0 Å². The van der Waals surface area contributed by atoms with Crippen molar-refractivity contribution < 1.29 is 9.53 Å². The summed E-state index contributed by atoms with van der Waals surface area (Å²) in [6.45, 7) is 2.83. The minimum Gasteiger partial charge on any atom is -0.383 e. The Balaban J connectivity index is 1.84. The van der Waals surface area contributed by atoms with Gasteiger partial charge in [0.25, 0.3) is 0 Å². The summed E-state index contributed by atoms with van der Waals surface area (Å²) >= 11 is 0. The van der Waals surface area contributed by atoms with Crippen molar-refractivity contribution in [1.82, 2.24) is 9.80 Å². The molecule has 1 fully saturated rings. The van der Waals surface area contributed by atoms with E-state index in [4.69, 9.17) is 4.74 Å². The minimum atomic E-state index is -0.00988. The minimum absolute atomic E-state index is 0.00988. The van der Waals surface area contributed by atoms with E-state index in [-0.39, 0.29) is 11.9 Å². The van der Waals surface area contributed by atoms with E-state index in [1.165, 1.54) is 29.2 Å². The number of rotatable bonds is 6. The molecule has 0 unspecified atom stereocenters. The molecular weight excluding hydrogens is 324 g/mol. The fourth-order valence-electron chi connectivity index (χ4n) is 3.88. The maximum Gasteiger partial charge on any atom is 0.240 e. The van der Waals surface area contributed by atoms with Crippen LogP contribution in [0.2, 0.25) is 0 Å². The molecule has 0 saturated carbocycles. The predicted molar refractivity (Wildman–Crippen MR) is 106 cm³/mol. The van der Waals surface area contributed by atoms with E-state index in [2.05, 4.69) is 54.4 Å². The average Bonchev–Trinajstić information content (AvgIpc) is 2.89.